The average molecular weight is 228 g/mol. The highest BCUT2D eigenvalue weighted by atomic mass is 32.2. The molecule has 1 atom stereocenters. The van der Waals surface area contributed by atoms with Gasteiger partial charge in [-0.15, -0.1) is 0 Å². The molecular formula is C2H4F3O5PS. The monoisotopic (exact) mass is 228 g/mol. The predicted octanol–water partition coefficient (Wildman–Crippen LogP) is 0.889. The van der Waals surface area contributed by atoms with Crippen LogP contribution in [0.4, 0.5) is 13.2 Å². The van der Waals surface area contributed by atoms with Crippen LogP contribution in [0, 0.1) is 0 Å². The van der Waals surface area contributed by atoms with E-state index in [1.54, 1.807) is 0 Å². The zero-order chi connectivity index (χ0) is 9.99. The highest BCUT2D eigenvalue weighted by Crippen LogP contribution is 2.34. The van der Waals surface area contributed by atoms with Crippen LogP contribution >= 0.6 is 8.25 Å². The quantitative estimate of drug-likeness (QED) is 0.529. The molecule has 0 heterocycles. The minimum atomic E-state index is -5.80. The third kappa shape index (κ3) is 3.10. The summed E-state index contributed by atoms with van der Waals surface area (Å²) in [4.78, 5) is 0. The minimum Gasteiger partial charge on any atom is -0.313 e. The van der Waals surface area contributed by atoms with Crippen molar-refractivity contribution < 1.29 is 34.6 Å². The van der Waals surface area contributed by atoms with E-state index in [9.17, 15) is 26.2 Å². The summed E-state index contributed by atoms with van der Waals surface area (Å²) in [5, 5.41) is 0. The van der Waals surface area contributed by atoms with Crippen LogP contribution in [-0.2, 0) is 23.2 Å². The van der Waals surface area contributed by atoms with E-state index < -0.39 is 23.9 Å². The summed E-state index contributed by atoms with van der Waals surface area (Å²) in [6.45, 7) is 0. The van der Waals surface area contributed by atoms with E-state index in [1.807, 2.05) is 0 Å². The zero-order valence-electron chi connectivity index (χ0n) is 5.58. The Kier molecular flexibility index (Phi) is 3.70. The standard InChI is InChI=1S/C2H4F3O5PS/c1-9-11(6)10-12(7,8)2(3,4)5/h11H,1H3. The molecule has 0 aromatic carbocycles. The van der Waals surface area contributed by atoms with Gasteiger partial charge in [-0.1, -0.05) is 0 Å². The van der Waals surface area contributed by atoms with Crippen molar-refractivity contribution >= 4 is 18.4 Å². The molecule has 0 aliphatic heterocycles. The maximum Gasteiger partial charge on any atom is 0.523 e. The summed E-state index contributed by atoms with van der Waals surface area (Å²) in [6, 6.07) is 0. The lowest BCUT2D eigenvalue weighted by Gasteiger charge is -2.05. The molecular weight excluding hydrogens is 224 g/mol. The molecule has 0 radical (unpaired) electrons. The van der Waals surface area contributed by atoms with Crippen LogP contribution in [0.1, 0.15) is 0 Å². The van der Waals surface area contributed by atoms with Crippen LogP contribution in [0.2, 0.25) is 0 Å². The van der Waals surface area contributed by atoms with Crippen LogP contribution in [0.25, 0.3) is 0 Å². The molecule has 74 valence electrons. The molecule has 1 unspecified atom stereocenters. The molecule has 0 aromatic heterocycles. The summed E-state index contributed by atoms with van der Waals surface area (Å²) >= 11 is 0. The van der Waals surface area contributed by atoms with Crippen molar-refractivity contribution in [1.82, 2.24) is 0 Å². The van der Waals surface area contributed by atoms with Gasteiger partial charge in [0.1, 0.15) is 0 Å². The van der Waals surface area contributed by atoms with Gasteiger partial charge in [0, 0.05) is 7.11 Å². The first-order valence-electron chi connectivity index (χ1n) is 2.29. The Hall–Kier alpha value is -0.110. The van der Waals surface area contributed by atoms with Crippen molar-refractivity contribution in [1.29, 1.82) is 0 Å². The Balaban J connectivity index is 4.58. The number of alkyl halides is 3. The van der Waals surface area contributed by atoms with Crippen LogP contribution in [-0.4, -0.2) is 21.0 Å². The van der Waals surface area contributed by atoms with Gasteiger partial charge >= 0.3 is 23.9 Å². The van der Waals surface area contributed by atoms with Gasteiger partial charge < -0.3 is 4.52 Å². The molecule has 0 aromatic rings. The second kappa shape index (κ2) is 3.73. The molecule has 0 aliphatic carbocycles. The van der Waals surface area contributed by atoms with E-state index in [4.69, 9.17) is 0 Å². The Morgan fingerprint density at radius 3 is 2.00 bits per heavy atom. The van der Waals surface area contributed by atoms with Crippen LogP contribution in [0.5, 0.6) is 0 Å². The lowest BCUT2D eigenvalue weighted by Crippen LogP contribution is -2.23. The third-order valence-corrected chi connectivity index (χ3v) is 2.95. The SMILES string of the molecule is CO[PH](=O)OS(=O)(=O)C(F)(F)F. The maximum absolute atomic E-state index is 11.4. The van der Waals surface area contributed by atoms with Gasteiger partial charge in [0.15, 0.2) is 0 Å². The lowest BCUT2D eigenvalue weighted by atomic mass is 11.6. The Morgan fingerprint density at radius 2 is 1.75 bits per heavy atom. The van der Waals surface area contributed by atoms with E-state index in [0.717, 1.165) is 7.11 Å². The van der Waals surface area contributed by atoms with Crippen molar-refractivity contribution in [3.8, 4) is 0 Å². The third-order valence-electron chi connectivity index (χ3n) is 0.628. The molecule has 0 rings (SSSR count). The van der Waals surface area contributed by atoms with E-state index in [1.165, 1.54) is 0 Å². The van der Waals surface area contributed by atoms with Crippen molar-refractivity contribution in [3.05, 3.63) is 0 Å². The van der Waals surface area contributed by atoms with Gasteiger partial charge in [0.05, 0.1) is 0 Å². The summed E-state index contributed by atoms with van der Waals surface area (Å²) in [7, 11) is -8.67. The largest absolute Gasteiger partial charge is 0.523 e. The number of halogens is 3. The number of rotatable bonds is 3. The first-order valence-corrected chi connectivity index (χ1v) is 4.92. The summed E-state index contributed by atoms with van der Waals surface area (Å²) in [5.41, 5.74) is -5.58. The second-order valence-corrected chi connectivity index (χ2v) is 4.38. The van der Waals surface area contributed by atoms with Crippen molar-refractivity contribution in [2.75, 3.05) is 7.11 Å². The van der Waals surface area contributed by atoms with Crippen LogP contribution in [0.3, 0.4) is 0 Å². The zero-order valence-corrected chi connectivity index (χ0v) is 7.40. The molecule has 0 amide bonds. The fourth-order valence-electron chi connectivity index (χ4n) is 0.171. The Morgan fingerprint density at radius 1 is 1.33 bits per heavy atom. The molecule has 0 saturated carbocycles. The summed E-state index contributed by atoms with van der Waals surface area (Å²) in [5.74, 6) is 0. The van der Waals surface area contributed by atoms with Crippen LogP contribution < -0.4 is 0 Å². The Bertz CT molecular complexity index is 267. The topological polar surface area (TPSA) is 69.7 Å². The fraction of sp³-hybridized carbons (Fsp3) is 1.00. The smallest absolute Gasteiger partial charge is 0.313 e. The van der Waals surface area contributed by atoms with E-state index in [0.29, 0.717) is 0 Å². The molecule has 12 heavy (non-hydrogen) atoms. The molecule has 10 heteroatoms. The molecule has 0 bridgehead atoms. The van der Waals surface area contributed by atoms with Crippen molar-refractivity contribution in [2.45, 2.75) is 5.51 Å². The van der Waals surface area contributed by atoms with Crippen molar-refractivity contribution in [3.63, 3.8) is 0 Å². The Labute approximate surface area is 66.5 Å². The predicted molar refractivity (Wildman–Crippen MR) is 32.1 cm³/mol. The second-order valence-electron chi connectivity index (χ2n) is 1.44. The van der Waals surface area contributed by atoms with Gasteiger partial charge in [-0.25, -0.2) is 0 Å². The van der Waals surface area contributed by atoms with Gasteiger partial charge in [0.25, 0.3) is 0 Å². The molecule has 0 fully saturated rings. The van der Waals surface area contributed by atoms with E-state index in [2.05, 4.69) is 8.49 Å². The average Bonchev–Trinajstić information content (AvgIpc) is 1.84. The highest BCUT2D eigenvalue weighted by Gasteiger charge is 2.48. The van der Waals surface area contributed by atoms with Crippen molar-refractivity contribution in [2.24, 2.45) is 0 Å². The van der Waals surface area contributed by atoms with E-state index >= 15 is 0 Å². The maximum atomic E-state index is 11.4. The number of hydrogen-bond donors (Lipinski definition) is 0. The summed E-state index contributed by atoms with van der Waals surface area (Å²) in [6.07, 6.45) is 0. The van der Waals surface area contributed by atoms with Gasteiger partial charge in [-0.2, -0.15) is 25.6 Å². The molecule has 0 aliphatic rings. The minimum absolute atomic E-state index is 0.757. The molecule has 0 saturated heterocycles. The van der Waals surface area contributed by atoms with Crippen LogP contribution in [0.15, 0.2) is 0 Å². The summed E-state index contributed by atoms with van der Waals surface area (Å²) < 4.78 is 71.3. The molecule has 0 N–H and O–H groups in total. The fourth-order valence-corrected chi connectivity index (χ4v) is 1.54. The first kappa shape index (κ1) is 11.9. The lowest BCUT2D eigenvalue weighted by molar-refractivity contribution is -0.0501. The normalized spacial score (nSPS) is 16.0. The first-order chi connectivity index (χ1) is 5.20. The van der Waals surface area contributed by atoms with E-state index in [-0.39, 0.29) is 0 Å². The van der Waals surface area contributed by atoms with Gasteiger partial charge in [-0.3, -0.25) is 4.57 Å². The molecule has 5 nitrogen and oxygen atoms in total. The highest BCUT2D eigenvalue weighted by molar-refractivity contribution is 7.90. The van der Waals surface area contributed by atoms with Gasteiger partial charge in [0.2, 0.25) is 0 Å². The molecule has 0 spiro atoms. The number of hydrogen-bond acceptors (Lipinski definition) is 5. The van der Waals surface area contributed by atoms with Gasteiger partial charge in [-0.05, 0) is 0 Å².